The average molecular weight is 294 g/mol. The summed E-state index contributed by atoms with van der Waals surface area (Å²) in [6.45, 7) is 3.80. The second-order valence-electron chi connectivity index (χ2n) is 5.10. The highest BCUT2D eigenvalue weighted by Crippen LogP contribution is 2.19. The van der Waals surface area contributed by atoms with Gasteiger partial charge in [0, 0.05) is 38.3 Å². The number of amides is 2. The van der Waals surface area contributed by atoms with Crippen molar-refractivity contribution in [2.24, 2.45) is 0 Å². The van der Waals surface area contributed by atoms with Gasteiger partial charge in [-0.3, -0.25) is 0 Å². The maximum atomic E-state index is 11.8. The summed E-state index contributed by atoms with van der Waals surface area (Å²) in [5.41, 5.74) is -0.191. The summed E-state index contributed by atoms with van der Waals surface area (Å²) in [4.78, 5) is 11.8. The normalized spacial score (nSPS) is 17.0. The first-order chi connectivity index (χ1) is 10.1. The standard InChI is InChI=1S/C15H22N2O4/c1-2-21-13-5-3-12(4-6-13)17-14(18)16-11-15(19)7-9-20-10-8-15/h3-6,19H,2,7-11H2,1H3,(H2,16,17,18). The molecule has 1 aliphatic heterocycles. The lowest BCUT2D eigenvalue weighted by molar-refractivity contribution is -0.0598. The van der Waals surface area contributed by atoms with Gasteiger partial charge in [0.05, 0.1) is 12.2 Å². The number of rotatable bonds is 5. The highest BCUT2D eigenvalue weighted by Gasteiger charge is 2.30. The molecule has 1 aromatic rings. The van der Waals surface area contributed by atoms with E-state index in [1.165, 1.54) is 0 Å². The maximum absolute atomic E-state index is 11.8. The Hall–Kier alpha value is -1.79. The highest BCUT2D eigenvalue weighted by molar-refractivity contribution is 5.89. The molecule has 0 unspecified atom stereocenters. The number of hydrogen-bond donors (Lipinski definition) is 3. The number of hydrogen-bond acceptors (Lipinski definition) is 4. The van der Waals surface area contributed by atoms with Gasteiger partial charge in [-0.05, 0) is 31.2 Å². The van der Waals surface area contributed by atoms with Crippen molar-refractivity contribution in [2.75, 3.05) is 31.7 Å². The second kappa shape index (κ2) is 7.28. The molecule has 2 amide bonds. The van der Waals surface area contributed by atoms with Gasteiger partial charge in [-0.15, -0.1) is 0 Å². The number of urea groups is 1. The van der Waals surface area contributed by atoms with Crippen molar-refractivity contribution in [1.82, 2.24) is 5.32 Å². The first-order valence-electron chi connectivity index (χ1n) is 7.19. The Morgan fingerprint density at radius 3 is 2.62 bits per heavy atom. The number of nitrogens with one attached hydrogen (secondary N) is 2. The number of aliphatic hydroxyl groups is 1. The van der Waals surface area contributed by atoms with Crippen LogP contribution in [-0.2, 0) is 4.74 Å². The molecular formula is C15H22N2O4. The Labute approximate surface area is 124 Å². The zero-order valence-corrected chi connectivity index (χ0v) is 12.2. The van der Waals surface area contributed by atoms with Gasteiger partial charge < -0.3 is 25.2 Å². The van der Waals surface area contributed by atoms with Gasteiger partial charge in [-0.25, -0.2) is 4.79 Å². The van der Waals surface area contributed by atoms with Gasteiger partial charge in [0.15, 0.2) is 0 Å². The fourth-order valence-corrected chi connectivity index (χ4v) is 2.15. The van der Waals surface area contributed by atoms with E-state index in [2.05, 4.69) is 10.6 Å². The molecule has 1 saturated heterocycles. The minimum absolute atomic E-state index is 0.221. The van der Waals surface area contributed by atoms with Crippen LogP contribution >= 0.6 is 0 Å². The smallest absolute Gasteiger partial charge is 0.319 e. The number of carbonyl (C=O) groups is 1. The van der Waals surface area contributed by atoms with E-state index in [-0.39, 0.29) is 12.6 Å². The van der Waals surface area contributed by atoms with E-state index < -0.39 is 5.60 Å². The topological polar surface area (TPSA) is 79.8 Å². The number of benzene rings is 1. The lowest BCUT2D eigenvalue weighted by atomic mass is 9.94. The van der Waals surface area contributed by atoms with Crippen LogP contribution in [0, 0.1) is 0 Å². The lowest BCUT2D eigenvalue weighted by Gasteiger charge is -2.32. The van der Waals surface area contributed by atoms with E-state index in [1.54, 1.807) is 24.3 Å². The third-order valence-electron chi connectivity index (χ3n) is 3.42. The molecule has 0 radical (unpaired) electrons. The molecule has 6 nitrogen and oxygen atoms in total. The highest BCUT2D eigenvalue weighted by atomic mass is 16.5. The molecule has 3 N–H and O–H groups in total. The third kappa shape index (κ3) is 4.91. The average Bonchev–Trinajstić information content (AvgIpc) is 2.49. The van der Waals surface area contributed by atoms with Gasteiger partial charge >= 0.3 is 6.03 Å². The van der Waals surface area contributed by atoms with Crippen molar-refractivity contribution in [1.29, 1.82) is 0 Å². The molecule has 21 heavy (non-hydrogen) atoms. The predicted octanol–water partition coefficient (Wildman–Crippen LogP) is 1.75. The molecule has 0 spiro atoms. The van der Waals surface area contributed by atoms with Gasteiger partial charge in [0.25, 0.3) is 0 Å². The number of ether oxygens (including phenoxy) is 2. The van der Waals surface area contributed by atoms with E-state index in [0.29, 0.717) is 38.3 Å². The second-order valence-corrected chi connectivity index (χ2v) is 5.10. The number of carbonyl (C=O) groups excluding carboxylic acids is 1. The van der Waals surface area contributed by atoms with Crippen LogP contribution in [0.4, 0.5) is 10.5 Å². The summed E-state index contributed by atoms with van der Waals surface area (Å²) in [6, 6.07) is 6.80. The van der Waals surface area contributed by atoms with Gasteiger partial charge in [0.2, 0.25) is 0 Å². The SMILES string of the molecule is CCOc1ccc(NC(=O)NCC2(O)CCOCC2)cc1. The van der Waals surface area contributed by atoms with Crippen LogP contribution in [0.15, 0.2) is 24.3 Å². The molecular weight excluding hydrogens is 272 g/mol. The molecule has 6 heteroatoms. The van der Waals surface area contributed by atoms with Gasteiger partial charge in [-0.1, -0.05) is 0 Å². The van der Waals surface area contributed by atoms with Crippen LogP contribution in [-0.4, -0.2) is 43.1 Å². The van der Waals surface area contributed by atoms with Crippen molar-refractivity contribution < 1.29 is 19.4 Å². The van der Waals surface area contributed by atoms with Crippen molar-refractivity contribution in [3.8, 4) is 5.75 Å². The van der Waals surface area contributed by atoms with Crippen molar-refractivity contribution in [3.05, 3.63) is 24.3 Å². The van der Waals surface area contributed by atoms with E-state index in [1.807, 2.05) is 6.92 Å². The fourth-order valence-electron chi connectivity index (χ4n) is 2.15. The quantitative estimate of drug-likeness (QED) is 0.773. The Kier molecular flexibility index (Phi) is 5.41. The van der Waals surface area contributed by atoms with Gasteiger partial charge in [0.1, 0.15) is 5.75 Å². The molecule has 0 saturated carbocycles. The van der Waals surface area contributed by atoms with Crippen LogP contribution in [0.5, 0.6) is 5.75 Å². The van der Waals surface area contributed by atoms with E-state index >= 15 is 0 Å². The molecule has 0 aliphatic carbocycles. The molecule has 1 heterocycles. The third-order valence-corrected chi connectivity index (χ3v) is 3.42. The molecule has 0 atom stereocenters. The Balaban J connectivity index is 1.78. The summed E-state index contributed by atoms with van der Waals surface area (Å²) >= 11 is 0. The lowest BCUT2D eigenvalue weighted by Crippen LogP contribution is -2.47. The van der Waals surface area contributed by atoms with Crippen molar-refractivity contribution >= 4 is 11.7 Å². The summed E-state index contributed by atoms with van der Waals surface area (Å²) in [5.74, 6) is 0.764. The van der Waals surface area contributed by atoms with Crippen molar-refractivity contribution in [2.45, 2.75) is 25.4 Å². The van der Waals surface area contributed by atoms with E-state index in [9.17, 15) is 9.90 Å². The molecule has 0 bridgehead atoms. The van der Waals surface area contributed by atoms with Crippen LogP contribution in [0.1, 0.15) is 19.8 Å². The zero-order valence-electron chi connectivity index (χ0n) is 12.2. The van der Waals surface area contributed by atoms with Crippen LogP contribution in [0.25, 0.3) is 0 Å². The molecule has 2 rings (SSSR count). The van der Waals surface area contributed by atoms with Crippen molar-refractivity contribution in [3.63, 3.8) is 0 Å². The first kappa shape index (κ1) is 15.6. The largest absolute Gasteiger partial charge is 0.494 e. The van der Waals surface area contributed by atoms with E-state index in [0.717, 1.165) is 5.75 Å². The first-order valence-corrected chi connectivity index (χ1v) is 7.19. The fraction of sp³-hybridized carbons (Fsp3) is 0.533. The summed E-state index contributed by atoms with van der Waals surface area (Å²) in [7, 11) is 0. The number of anilines is 1. The molecule has 0 aromatic heterocycles. The summed E-state index contributed by atoms with van der Waals surface area (Å²) < 4.78 is 10.5. The molecule has 116 valence electrons. The Morgan fingerprint density at radius 1 is 1.33 bits per heavy atom. The van der Waals surface area contributed by atoms with Gasteiger partial charge in [-0.2, -0.15) is 0 Å². The van der Waals surface area contributed by atoms with Crippen LogP contribution in [0.2, 0.25) is 0 Å². The Bertz CT molecular complexity index is 455. The molecule has 1 fully saturated rings. The predicted molar refractivity (Wildman–Crippen MR) is 79.6 cm³/mol. The summed E-state index contributed by atoms with van der Waals surface area (Å²) in [5, 5.41) is 15.7. The Morgan fingerprint density at radius 2 is 2.00 bits per heavy atom. The minimum atomic E-state index is -0.867. The summed E-state index contributed by atoms with van der Waals surface area (Å²) in [6.07, 6.45) is 1.08. The zero-order chi connectivity index (χ0) is 15.1. The maximum Gasteiger partial charge on any atom is 0.319 e. The van der Waals surface area contributed by atoms with E-state index in [4.69, 9.17) is 9.47 Å². The van der Waals surface area contributed by atoms with Crippen LogP contribution < -0.4 is 15.4 Å². The molecule has 1 aromatic carbocycles. The minimum Gasteiger partial charge on any atom is -0.494 e. The monoisotopic (exact) mass is 294 g/mol. The van der Waals surface area contributed by atoms with Crippen LogP contribution in [0.3, 0.4) is 0 Å². The molecule has 1 aliphatic rings.